The van der Waals surface area contributed by atoms with Gasteiger partial charge in [-0.1, -0.05) is 74.9 Å². The number of nitriles is 1. The molecule has 0 aliphatic carbocycles. The highest BCUT2D eigenvalue weighted by Gasteiger charge is 2.38. The fourth-order valence-corrected chi connectivity index (χ4v) is 6.01. The van der Waals surface area contributed by atoms with Gasteiger partial charge in [0.2, 0.25) is 0 Å². The second-order valence-corrected chi connectivity index (χ2v) is 11.0. The molecule has 0 bridgehead atoms. The molecule has 1 heterocycles. The largest absolute Gasteiger partial charge is 0.366 e. The van der Waals surface area contributed by atoms with Crippen molar-refractivity contribution in [3.8, 4) is 6.07 Å². The summed E-state index contributed by atoms with van der Waals surface area (Å²) in [6, 6.07) is 27.5. The van der Waals surface area contributed by atoms with Crippen molar-refractivity contribution in [1.29, 1.82) is 5.26 Å². The molecule has 2 atom stereocenters. The Labute approximate surface area is 226 Å². The molecule has 38 heavy (non-hydrogen) atoms. The second-order valence-electron chi connectivity index (χ2n) is 10.1. The Morgan fingerprint density at radius 2 is 1.66 bits per heavy atom. The summed E-state index contributed by atoms with van der Waals surface area (Å²) in [4.78, 5) is 4.73. The van der Waals surface area contributed by atoms with E-state index in [0.717, 1.165) is 25.7 Å². The monoisotopic (exact) mass is 531 g/mol. The van der Waals surface area contributed by atoms with Gasteiger partial charge < -0.3 is 9.84 Å². The molecule has 1 aliphatic heterocycles. The van der Waals surface area contributed by atoms with Crippen LogP contribution in [0.5, 0.6) is 0 Å². The molecular weight excluding hydrogens is 496 g/mol. The first-order chi connectivity index (χ1) is 18.3. The lowest BCUT2D eigenvalue weighted by molar-refractivity contribution is -0.216. The molecule has 0 spiro atoms. The minimum absolute atomic E-state index is 0.0284. The lowest BCUT2D eigenvalue weighted by Crippen LogP contribution is -2.51. The highest BCUT2D eigenvalue weighted by atomic mass is 31.1. The summed E-state index contributed by atoms with van der Waals surface area (Å²) in [5, 5.41) is 20.1. The maximum atomic E-state index is 14.0. The number of hydrogen-bond acceptors (Lipinski definition) is 3. The van der Waals surface area contributed by atoms with Gasteiger partial charge in [0, 0.05) is 25.7 Å². The molecule has 1 saturated heterocycles. The third-order valence-electron chi connectivity index (χ3n) is 6.70. The number of halogens is 1. The Bertz CT molecular complexity index is 1270. The summed E-state index contributed by atoms with van der Waals surface area (Å²) < 4.78 is 20.4. The zero-order valence-electron chi connectivity index (χ0n) is 22.2. The summed E-state index contributed by atoms with van der Waals surface area (Å²) in [5.41, 5.74) is 4.46. The van der Waals surface area contributed by atoms with Crippen LogP contribution in [0.3, 0.4) is 0 Å². The van der Waals surface area contributed by atoms with E-state index in [2.05, 4.69) is 52.9 Å². The second kappa shape index (κ2) is 12.8. The molecule has 2 unspecified atom stereocenters. The number of ether oxygens (including phenoxy) is 1. The van der Waals surface area contributed by atoms with Gasteiger partial charge in [-0.25, -0.2) is 4.39 Å². The van der Waals surface area contributed by atoms with E-state index in [9.17, 15) is 14.8 Å². The topological polar surface area (TPSA) is 59.7 Å². The molecule has 1 N–H and O–H groups in total. The quantitative estimate of drug-likeness (QED) is 0.294. The van der Waals surface area contributed by atoms with Gasteiger partial charge >= 0.3 is 0 Å². The van der Waals surface area contributed by atoms with Crippen molar-refractivity contribution in [2.75, 3.05) is 13.2 Å². The number of benzene rings is 3. The van der Waals surface area contributed by atoms with Crippen LogP contribution >= 0.6 is 8.20 Å². The molecule has 0 radical (unpaired) electrons. The first-order valence-corrected chi connectivity index (χ1v) is 14.3. The van der Waals surface area contributed by atoms with Crippen molar-refractivity contribution in [2.45, 2.75) is 57.7 Å². The van der Waals surface area contributed by atoms with E-state index in [-0.39, 0.29) is 17.7 Å². The van der Waals surface area contributed by atoms with E-state index in [4.69, 9.17) is 4.74 Å². The summed E-state index contributed by atoms with van der Waals surface area (Å²) in [6.45, 7) is 7.42. The van der Waals surface area contributed by atoms with E-state index >= 15 is 0 Å². The van der Waals surface area contributed by atoms with E-state index in [1.807, 2.05) is 30.3 Å². The van der Waals surface area contributed by atoms with Crippen molar-refractivity contribution in [1.82, 2.24) is 9.80 Å². The molecule has 4 rings (SSSR count). The molecule has 0 amide bonds. The normalized spacial score (nSPS) is 20.3. The minimum atomic E-state index is -1.28. The molecule has 5 nitrogen and oxygen atoms in total. The number of rotatable bonds is 8. The van der Waals surface area contributed by atoms with Gasteiger partial charge in [-0.05, 0) is 62.2 Å². The summed E-state index contributed by atoms with van der Waals surface area (Å²) in [5.74, 6) is -1.78. The fraction of sp³-hybridized carbons (Fsp3) is 0.355. The zero-order chi connectivity index (χ0) is 27.1. The van der Waals surface area contributed by atoms with E-state index < -0.39 is 11.6 Å². The van der Waals surface area contributed by atoms with Crippen LogP contribution in [-0.4, -0.2) is 51.6 Å². The van der Waals surface area contributed by atoms with Gasteiger partial charge in [0.15, 0.2) is 5.79 Å². The smallest absolute Gasteiger partial charge is 0.160 e. The molecule has 0 aromatic heterocycles. The van der Waals surface area contributed by atoms with Crippen LogP contribution in [0.2, 0.25) is 0 Å². The fourth-order valence-electron chi connectivity index (χ4n) is 5.08. The van der Waals surface area contributed by atoms with Gasteiger partial charge in [-0.15, -0.1) is 0 Å². The Balaban J connectivity index is 1.76. The first kappa shape index (κ1) is 28.1. The summed E-state index contributed by atoms with van der Waals surface area (Å²) in [6.07, 6.45) is 1.23. The maximum Gasteiger partial charge on any atom is 0.160 e. The van der Waals surface area contributed by atoms with Gasteiger partial charge in [-0.3, -0.25) is 9.80 Å². The zero-order valence-corrected chi connectivity index (χ0v) is 23.1. The van der Waals surface area contributed by atoms with Gasteiger partial charge in [0.05, 0.1) is 17.2 Å². The van der Waals surface area contributed by atoms with Crippen molar-refractivity contribution >= 4 is 13.7 Å². The predicted octanol–water partition coefficient (Wildman–Crippen LogP) is 5.79. The lowest BCUT2D eigenvalue weighted by atomic mass is 9.97. The van der Waals surface area contributed by atoms with E-state index in [1.54, 1.807) is 26.0 Å². The highest BCUT2D eigenvalue weighted by Crippen LogP contribution is 2.30. The Kier molecular flexibility index (Phi) is 9.44. The van der Waals surface area contributed by atoms with Gasteiger partial charge in [-0.2, -0.15) is 5.26 Å². The molecule has 198 valence electrons. The predicted molar refractivity (Wildman–Crippen MR) is 151 cm³/mol. The maximum absolute atomic E-state index is 14.0. The summed E-state index contributed by atoms with van der Waals surface area (Å²) in [7, 11) is 1.09. The Morgan fingerprint density at radius 1 is 1.00 bits per heavy atom. The minimum Gasteiger partial charge on any atom is -0.366 e. The van der Waals surface area contributed by atoms with Crippen LogP contribution in [0.15, 0.2) is 78.9 Å². The molecule has 7 heteroatoms. The van der Waals surface area contributed by atoms with Crippen molar-refractivity contribution in [2.24, 2.45) is 0 Å². The average molecular weight is 532 g/mol. The third kappa shape index (κ3) is 7.35. The van der Waals surface area contributed by atoms with Crippen LogP contribution in [-0.2, 0) is 24.2 Å². The molecule has 0 saturated carbocycles. The van der Waals surface area contributed by atoms with E-state index in [1.165, 1.54) is 17.2 Å². The SMILES string of the molecule is CP=C1N(Cc2ccc(F)c(C#N)c2)CCC(OC(C)(C)O)C(Cc2ccccc2)N1Cc1ccccc1. The number of hydrogen-bond donors (Lipinski definition) is 1. The van der Waals surface area contributed by atoms with Crippen LogP contribution in [0.1, 0.15) is 42.5 Å². The first-order valence-electron chi connectivity index (χ1n) is 12.9. The molecular formula is C31H35FN3O2P. The van der Waals surface area contributed by atoms with Crippen molar-refractivity contribution < 1.29 is 14.2 Å². The standard InChI is InChI=1S/C31H35FN3O2P/c1-31(2,36)37-29-16-17-34(21-25-14-15-27(32)26(18-25)20-33)30(38-3)35(22-24-12-8-5-9-13-24)28(29)19-23-10-6-4-7-11-23/h4-15,18,28-29,36H,16-17,19,21-22H2,1-3H3. The van der Waals surface area contributed by atoms with Gasteiger partial charge in [0.25, 0.3) is 0 Å². The Morgan fingerprint density at radius 3 is 2.26 bits per heavy atom. The van der Waals surface area contributed by atoms with Crippen LogP contribution in [0, 0.1) is 17.1 Å². The lowest BCUT2D eigenvalue weighted by Gasteiger charge is -2.39. The van der Waals surface area contributed by atoms with Crippen LogP contribution in [0.4, 0.5) is 4.39 Å². The average Bonchev–Trinajstić information content (AvgIpc) is 3.02. The van der Waals surface area contributed by atoms with Crippen molar-refractivity contribution in [3.63, 3.8) is 0 Å². The van der Waals surface area contributed by atoms with E-state index in [0.29, 0.717) is 26.1 Å². The Hall–Kier alpha value is -2.91. The number of nitrogens with zero attached hydrogens (tertiary/aromatic N) is 3. The summed E-state index contributed by atoms with van der Waals surface area (Å²) >= 11 is 0. The van der Waals surface area contributed by atoms with Crippen LogP contribution < -0.4 is 0 Å². The molecule has 3 aromatic carbocycles. The van der Waals surface area contributed by atoms with Crippen molar-refractivity contribution in [3.05, 3.63) is 107 Å². The third-order valence-corrected chi connectivity index (χ3v) is 7.64. The highest BCUT2D eigenvalue weighted by molar-refractivity contribution is 7.39. The molecule has 1 fully saturated rings. The van der Waals surface area contributed by atoms with Gasteiger partial charge in [0.1, 0.15) is 11.9 Å². The number of aliphatic hydroxyl groups is 1. The van der Waals surface area contributed by atoms with Crippen LogP contribution in [0.25, 0.3) is 0 Å². The molecule has 1 aliphatic rings. The molecule has 3 aromatic rings.